The molecule has 0 saturated carbocycles. The van der Waals surface area contributed by atoms with Gasteiger partial charge in [0, 0.05) is 6.54 Å². The van der Waals surface area contributed by atoms with Crippen LogP contribution in [0.15, 0.2) is 48.5 Å². The van der Waals surface area contributed by atoms with Gasteiger partial charge < -0.3 is 20.3 Å². The van der Waals surface area contributed by atoms with Gasteiger partial charge in [-0.1, -0.05) is 24.3 Å². The second kappa shape index (κ2) is 8.71. The number of hydrogen-bond acceptors (Lipinski definition) is 4. The molecule has 0 aliphatic carbocycles. The van der Waals surface area contributed by atoms with Crippen LogP contribution in [0, 0.1) is 11.3 Å². The first-order valence-corrected chi connectivity index (χ1v) is 7.89. The summed E-state index contributed by atoms with van der Waals surface area (Å²) in [5.41, 5.74) is 1.96. The highest BCUT2D eigenvalue weighted by Crippen LogP contribution is 2.22. The Kier molecular flexibility index (Phi) is 6.38. The molecule has 6 heteroatoms. The lowest BCUT2D eigenvalue weighted by molar-refractivity contribution is 0.243. The fourth-order valence-corrected chi connectivity index (χ4v) is 2.49. The van der Waals surface area contributed by atoms with Crippen LogP contribution in [-0.2, 0) is 0 Å². The van der Waals surface area contributed by atoms with E-state index < -0.39 is 0 Å². The Bertz CT molecular complexity index is 768. The van der Waals surface area contributed by atoms with Crippen molar-refractivity contribution in [3.8, 4) is 11.8 Å². The summed E-state index contributed by atoms with van der Waals surface area (Å²) in [5.74, 6) is 0.775. The third-order valence-electron chi connectivity index (χ3n) is 3.85. The molecule has 25 heavy (non-hydrogen) atoms. The lowest BCUT2D eigenvalue weighted by Crippen LogP contribution is -2.37. The van der Waals surface area contributed by atoms with Gasteiger partial charge in [-0.2, -0.15) is 5.26 Å². The fourth-order valence-electron chi connectivity index (χ4n) is 2.49. The van der Waals surface area contributed by atoms with E-state index in [0.717, 1.165) is 11.3 Å². The largest absolute Gasteiger partial charge is 0.497 e. The molecule has 2 N–H and O–H groups in total. The number of nitrogens with one attached hydrogen (secondary N) is 2. The summed E-state index contributed by atoms with van der Waals surface area (Å²) in [4.78, 5) is 14.2. The number of carbonyl (C=O) groups is 1. The van der Waals surface area contributed by atoms with Gasteiger partial charge in [-0.15, -0.1) is 0 Å². The van der Waals surface area contributed by atoms with Gasteiger partial charge in [-0.25, -0.2) is 4.79 Å². The third kappa shape index (κ3) is 4.96. The van der Waals surface area contributed by atoms with Crippen LogP contribution in [0.3, 0.4) is 0 Å². The summed E-state index contributed by atoms with van der Waals surface area (Å²) in [6.07, 6.45) is 0. The van der Waals surface area contributed by atoms with Crippen molar-refractivity contribution in [3.05, 3.63) is 59.7 Å². The predicted octanol–water partition coefficient (Wildman–Crippen LogP) is 2.99. The molecule has 0 aliphatic heterocycles. The molecule has 6 nitrogen and oxygen atoms in total. The van der Waals surface area contributed by atoms with Gasteiger partial charge in [0.1, 0.15) is 11.8 Å². The summed E-state index contributed by atoms with van der Waals surface area (Å²) in [5, 5.41) is 14.7. The molecule has 0 bridgehead atoms. The van der Waals surface area contributed by atoms with E-state index in [9.17, 15) is 4.79 Å². The summed E-state index contributed by atoms with van der Waals surface area (Å²) in [7, 11) is 5.53. The molecule has 0 aliphatic rings. The Morgan fingerprint density at radius 2 is 2.00 bits per heavy atom. The number of carbonyl (C=O) groups excluding carboxylic acids is 1. The first-order chi connectivity index (χ1) is 12.0. The average Bonchev–Trinajstić information content (AvgIpc) is 2.62. The van der Waals surface area contributed by atoms with Crippen molar-refractivity contribution in [2.24, 2.45) is 0 Å². The maximum Gasteiger partial charge on any atom is 0.319 e. The zero-order valence-electron chi connectivity index (χ0n) is 14.6. The Hall–Kier alpha value is -3.04. The highest BCUT2D eigenvalue weighted by atomic mass is 16.5. The van der Waals surface area contributed by atoms with Crippen LogP contribution >= 0.6 is 0 Å². The number of ether oxygens (including phenoxy) is 1. The minimum absolute atomic E-state index is 0.00735. The molecule has 2 aromatic rings. The summed E-state index contributed by atoms with van der Waals surface area (Å²) in [6.45, 7) is 0.417. The standard InChI is InChI=1S/C19H22N4O2/c1-23(2)18(14-8-6-9-16(11-14)25-3)13-21-19(24)22-17-10-5-4-7-15(17)12-20/h4-11,18H,13H2,1-3H3,(H2,21,22,24). The minimum atomic E-state index is -0.350. The number of methoxy groups -OCH3 is 1. The number of nitrogens with zero attached hydrogens (tertiary/aromatic N) is 2. The quantitative estimate of drug-likeness (QED) is 0.849. The van der Waals surface area contributed by atoms with Crippen LogP contribution in [0.2, 0.25) is 0 Å². The van der Waals surface area contributed by atoms with Crippen LogP contribution in [-0.4, -0.2) is 38.7 Å². The van der Waals surface area contributed by atoms with Gasteiger partial charge in [0.25, 0.3) is 0 Å². The molecule has 2 rings (SSSR count). The summed E-state index contributed by atoms with van der Waals surface area (Å²) >= 11 is 0. The second-order valence-electron chi connectivity index (χ2n) is 5.75. The van der Waals surface area contributed by atoms with Gasteiger partial charge in [0.05, 0.1) is 24.4 Å². The van der Waals surface area contributed by atoms with E-state index in [1.807, 2.05) is 43.3 Å². The highest BCUT2D eigenvalue weighted by molar-refractivity contribution is 5.90. The SMILES string of the molecule is COc1cccc(C(CNC(=O)Nc2ccccc2C#N)N(C)C)c1. The Balaban J connectivity index is 2.03. The Morgan fingerprint density at radius 3 is 2.68 bits per heavy atom. The van der Waals surface area contributed by atoms with Crippen molar-refractivity contribution in [3.63, 3.8) is 0 Å². The van der Waals surface area contributed by atoms with Crippen molar-refractivity contribution in [1.29, 1.82) is 5.26 Å². The lowest BCUT2D eigenvalue weighted by Gasteiger charge is -2.25. The number of urea groups is 1. The number of para-hydroxylation sites is 1. The van der Waals surface area contributed by atoms with E-state index in [0.29, 0.717) is 17.8 Å². The molecule has 1 unspecified atom stereocenters. The average molecular weight is 338 g/mol. The molecule has 0 aromatic heterocycles. The van der Waals surface area contributed by atoms with E-state index >= 15 is 0 Å². The van der Waals surface area contributed by atoms with Crippen molar-refractivity contribution in [2.45, 2.75) is 6.04 Å². The van der Waals surface area contributed by atoms with Crippen LogP contribution in [0.1, 0.15) is 17.2 Å². The molecule has 0 spiro atoms. The molecule has 0 radical (unpaired) electrons. The monoisotopic (exact) mass is 338 g/mol. The second-order valence-corrected chi connectivity index (χ2v) is 5.75. The number of nitriles is 1. The molecular weight excluding hydrogens is 316 g/mol. The van der Waals surface area contributed by atoms with Crippen LogP contribution < -0.4 is 15.4 Å². The van der Waals surface area contributed by atoms with Gasteiger partial charge >= 0.3 is 6.03 Å². The highest BCUT2D eigenvalue weighted by Gasteiger charge is 2.16. The van der Waals surface area contributed by atoms with Crippen LogP contribution in [0.25, 0.3) is 0 Å². The number of benzene rings is 2. The summed E-state index contributed by atoms with van der Waals surface area (Å²) in [6, 6.07) is 16.3. The number of likely N-dealkylation sites (N-methyl/N-ethyl adjacent to an activating group) is 1. The van der Waals surface area contributed by atoms with Gasteiger partial charge in [-0.05, 0) is 43.9 Å². The van der Waals surface area contributed by atoms with Crippen molar-refractivity contribution in [2.75, 3.05) is 33.1 Å². The van der Waals surface area contributed by atoms with Crippen LogP contribution in [0.5, 0.6) is 5.75 Å². The zero-order valence-corrected chi connectivity index (χ0v) is 14.6. The van der Waals surface area contributed by atoms with E-state index in [1.165, 1.54) is 0 Å². The molecule has 2 amide bonds. The van der Waals surface area contributed by atoms with Gasteiger partial charge in [-0.3, -0.25) is 0 Å². The smallest absolute Gasteiger partial charge is 0.319 e. The van der Waals surface area contributed by atoms with Crippen molar-refractivity contribution < 1.29 is 9.53 Å². The maximum absolute atomic E-state index is 12.2. The van der Waals surface area contributed by atoms with Crippen molar-refractivity contribution in [1.82, 2.24) is 10.2 Å². The first kappa shape index (κ1) is 18.3. The number of hydrogen-bond donors (Lipinski definition) is 2. The first-order valence-electron chi connectivity index (χ1n) is 7.89. The number of rotatable bonds is 6. The molecule has 2 aromatic carbocycles. The number of anilines is 1. The molecule has 0 saturated heterocycles. The molecule has 130 valence electrons. The van der Waals surface area contributed by atoms with E-state index in [2.05, 4.69) is 16.7 Å². The Morgan fingerprint density at radius 1 is 1.24 bits per heavy atom. The molecule has 0 fully saturated rings. The topological polar surface area (TPSA) is 77.4 Å². The number of amides is 2. The molecular formula is C19H22N4O2. The van der Waals surface area contributed by atoms with Crippen LogP contribution in [0.4, 0.5) is 10.5 Å². The molecule has 0 heterocycles. The van der Waals surface area contributed by atoms with E-state index in [1.54, 1.807) is 31.4 Å². The predicted molar refractivity (Wildman–Crippen MR) is 97.6 cm³/mol. The maximum atomic E-state index is 12.2. The summed E-state index contributed by atoms with van der Waals surface area (Å²) < 4.78 is 5.27. The Labute approximate surface area is 148 Å². The van der Waals surface area contributed by atoms with Gasteiger partial charge in [0.15, 0.2) is 0 Å². The minimum Gasteiger partial charge on any atom is -0.497 e. The van der Waals surface area contributed by atoms with E-state index in [4.69, 9.17) is 10.00 Å². The van der Waals surface area contributed by atoms with Crippen molar-refractivity contribution >= 4 is 11.7 Å². The lowest BCUT2D eigenvalue weighted by atomic mass is 10.1. The zero-order chi connectivity index (χ0) is 18.2. The molecule has 1 atom stereocenters. The van der Waals surface area contributed by atoms with E-state index in [-0.39, 0.29) is 12.1 Å². The normalized spacial score (nSPS) is 11.5. The fraction of sp³-hybridized carbons (Fsp3) is 0.263. The van der Waals surface area contributed by atoms with Gasteiger partial charge in [0.2, 0.25) is 0 Å². The third-order valence-corrected chi connectivity index (χ3v) is 3.85.